The average Bonchev–Trinajstić information content (AvgIpc) is 2.64. The molecule has 0 aliphatic carbocycles. The molecule has 0 radical (unpaired) electrons. The Morgan fingerprint density at radius 3 is 2.48 bits per heavy atom. The fourth-order valence-corrected chi connectivity index (χ4v) is 4.38. The molecule has 0 atom stereocenters. The molecule has 0 bridgehead atoms. The fraction of sp³-hybridized carbons (Fsp3) is 0.214. The molecule has 2 rings (SSSR count). The van der Waals surface area contributed by atoms with Crippen LogP contribution in [0.15, 0.2) is 29.2 Å². The van der Waals surface area contributed by atoms with Gasteiger partial charge in [0.1, 0.15) is 5.00 Å². The van der Waals surface area contributed by atoms with Gasteiger partial charge < -0.3 is 5.11 Å². The van der Waals surface area contributed by atoms with Crippen LogP contribution in [0.25, 0.3) is 0 Å². The van der Waals surface area contributed by atoms with Crippen LogP contribution in [0.1, 0.15) is 26.4 Å². The van der Waals surface area contributed by atoms with Crippen molar-refractivity contribution in [1.82, 2.24) is 0 Å². The number of hydrogen-bond donors (Lipinski definition) is 2. The summed E-state index contributed by atoms with van der Waals surface area (Å²) in [6, 6.07) is 6.45. The van der Waals surface area contributed by atoms with Crippen molar-refractivity contribution in [3.8, 4) is 0 Å². The molecule has 1 heterocycles. The lowest BCUT2D eigenvalue weighted by molar-refractivity contribution is 0.0697. The van der Waals surface area contributed by atoms with Gasteiger partial charge >= 0.3 is 5.97 Å². The second-order valence-electron chi connectivity index (χ2n) is 4.71. The van der Waals surface area contributed by atoms with Gasteiger partial charge in [0, 0.05) is 4.88 Å². The number of carboxylic acids is 1. The van der Waals surface area contributed by atoms with Gasteiger partial charge in [0.15, 0.2) is 0 Å². The number of sulfonamides is 1. The molecule has 112 valence electrons. The Bertz CT molecular complexity index is 806. The third-order valence-electron chi connectivity index (χ3n) is 3.13. The maximum Gasteiger partial charge on any atom is 0.339 e. The Labute approximate surface area is 127 Å². The summed E-state index contributed by atoms with van der Waals surface area (Å²) in [6.45, 7) is 5.22. The van der Waals surface area contributed by atoms with Gasteiger partial charge in [-0.15, -0.1) is 11.3 Å². The lowest BCUT2D eigenvalue weighted by atomic mass is 10.2. The summed E-state index contributed by atoms with van der Waals surface area (Å²) in [7, 11) is -3.80. The zero-order valence-electron chi connectivity index (χ0n) is 11.8. The lowest BCUT2D eigenvalue weighted by Crippen LogP contribution is -2.14. The fourth-order valence-electron chi connectivity index (χ4n) is 1.92. The first kappa shape index (κ1) is 15.5. The molecule has 0 aliphatic rings. The molecular weight excluding hydrogens is 310 g/mol. The van der Waals surface area contributed by atoms with Gasteiger partial charge in [-0.2, -0.15) is 0 Å². The van der Waals surface area contributed by atoms with Crippen LogP contribution >= 0.6 is 11.3 Å². The van der Waals surface area contributed by atoms with E-state index in [1.54, 1.807) is 32.9 Å². The SMILES string of the molecule is Cc1cccc(S(=O)(=O)Nc2sc(C)c(C)c2C(=O)O)c1. The van der Waals surface area contributed by atoms with Gasteiger partial charge in [-0.05, 0) is 44.0 Å². The zero-order chi connectivity index (χ0) is 15.8. The molecule has 2 N–H and O–H groups in total. The maximum absolute atomic E-state index is 12.4. The van der Waals surface area contributed by atoms with Gasteiger partial charge in [0.25, 0.3) is 10.0 Å². The molecule has 0 unspecified atom stereocenters. The second kappa shape index (κ2) is 5.50. The van der Waals surface area contributed by atoms with Crippen molar-refractivity contribution in [3.05, 3.63) is 45.8 Å². The van der Waals surface area contributed by atoms with Crippen LogP contribution < -0.4 is 4.72 Å². The standard InChI is InChI=1S/C14H15NO4S2/c1-8-5-4-6-11(7-8)21(18,19)15-13-12(14(16)17)9(2)10(3)20-13/h4-7,15H,1-3H3,(H,16,17). The number of rotatable bonds is 4. The van der Waals surface area contributed by atoms with Crippen molar-refractivity contribution in [2.24, 2.45) is 0 Å². The van der Waals surface area contributed by atoms with E-state index in [0.717, 1.165) is 21.8 Å². The minimum absolute atomic E-state index is 0.00808. The van der Waals surface area contributed by atoms with Crippen molar-refractivity contribution in [1.29, 1.82) is 0 Å². The van der Waals surface area contributed by atoms with Crippen LogP contribution in [-0.2, 0) is 10.0 Å². The number of anilines is 1. The van der Waals surface area contributed by atoms with E-state index in [-0.39, 0.29) is 15.5 Å². The monoisotopic (exact) mass is 325 g/mol. The van der Waals surface area contributed by atoms with E-state index in [1.807, 2.05) is 0 Å². The van der Waals surface area contributed by atoms with Crippen molar-refractivity contribution in [2.75, 3.05) is 4.72 Å². The molecule has 21 heavy (non-hydrogen) atoms. The number of aromatic carboxylic acids is 1. The number of benzene rings is 1. The number of carbonyl (C=O) groups is 1. The third-order valence-corrected chi connectivity index (χ3v) is 5.73. The van der Waals surface area contributed by atoms with E-state index < -0.39 is 16.0 Å². The average molecular weight is 325 g/mol. The first-order valence-electron chi connectivity index (χ1n) is 6.15. The predicted molar refractivity (Wildman–Crippen MR) is 82.7 cm³/mol. The molecule has 0 amide bonds. The molecule has 1 aromatic carbocycles. The Balaban J connectivity index is 2.47. The molecule has 1 aromatic heterocycles. The molecular formula is C14H15NO4S2. The summed E-state index contributed by atoms with van der Waals surface area (Å²) < 4.78 is 27.1. The summed E-state index contributed by atoms with van der Waals surface area (Å²) in [6.07, 6.45) is 0. The van der Waals surface area contributed by atoms with Crippen molar-refractivity contribution < 1.29 is 18.3 Å². The van der Waals surface area contributed by atoms with Crippen molar-refractivity contribution in [2.45, 2.75) is 25.7 Å². The van der Waals surface area contributed by atoms with E-state index in [4.69, 9.17) is 0 Å². The Kier molecular flexibility index (Phi) is 4.06. The van der Waals surface area contributed by atoms with Gasteiger partial charge in [-0.1, -0.05) is 12.1 Å². The van der Waals surface area contributed by atoms with Crippen LogP contribution in [0.2, 0.25) is 0 Å². The van der Waals surface area contributed by atoms with E-state index in [1.165, 1.54) is 12.1 Å². The number of carboxylic acid groups (broad SMARTS) is 1. The van der Waals surface area contributed by atoms with Gasteiger partial charge in [0.2, 0.25) is 0 Å². The molecule has 0 fully saturated rings. The minimum atomic E-state index is -3.80. The summed E-state index contributed by atoms with van der Waals surface area (Å²) in [4.78, 5) is 12.2. The first-order valence-corrected chi connectivity index (χ1v) is 8.45. The van der Waals surface area contributed by atoms with Crippen LogP contribution in [0, 0.1) is 20.8 Å². The normalized spacial score (nSPS) is 11.4. The molecule has 2 aromatic rings. The molecule has 0 spiro atoms. The van der Waals surface area contributed by atoms with Gasteiger partial charge in [-0.3, -0.25) is 4.72 Å². The highest BCUT2D eigenvalue weighted by atomic mass is 32.2. The van der Waals surface area contributed by atoms with E-state index in [0.29, 0.717) is 5.56 Å². The quantitative estimate of drug-likeness (QED) is 0.904. The maximum atomic E-state index is 12.4. The summed E-state index contributed by atoms with van der Waals surface area (Å²) in [5, 5.41) is 9.38. The highest BCUT2D eigenvalue weighted by Gasteiger charge is 2.23. The van der Waals surface area contributed by atoms with Crippen LogP contribution in [0.3, 0.4) is 0 Å². The highest BCUT2D eigenvalue weighted by Crippen LogP contribution is 2.33. The molecule has 7 heteroatoms. The predicted octanol–water partition coefficient (Wildman–Crippen LogP) is 3.17. The number of thiophene rings is 1. The summed E-state index contributed by atoms with van der Waals surface area (Å²) in [5.74, 6) is -1.14. The van der Waals surface area contributed by atoms with Gasteiger partial charge in [-0.25, -0.2) is 13.2 Å². The number of nitrogens with one attached hydrogen (secondary N) is 1. The number of aryl methyl sites for hydroxylation is 2. The van der Waals surface area contributed by atoms with E-state index >= 15 is 0 Å². The molecule has 0 aliphatic heterocycles. The van der Waals surface area contributed by atoms with Crippen molar-refractivity contribution >= 4 is 32.3 Å². The van der Waals surface area contributed by atoms with Crippen LogP contribution in [0.5, 0.6) is 0 Å². The largest absolute Gasteiger partial charge is 0.478 e. The Morgan fingerprint density at radius 1 is 1.24 bits per heavy atom. The molecule has 5 nitrogen and oxygen atoms in total. The van der Waals surface area contributed by atoms with E-state index in [2.05, 4.69) is 4.72 Å². The number of hydrogen-bond acceptors (Lipinski definition) is 4. The summed E-state index contributed by atoms with van der Waals surface area (Å²) >= 11 is 1.12. The third kappa shape index (κ3) is 3.08. The zero-order valence-corrected chi connectivity index (χ0v) is 13.4. The van der Waals surface area contributed by atoms with E-state index in [9.17, 15) is 18.3 Å². The smallest absolute Gasteiger partial charge is 0.339 e. The van der Waals surface area contributed by atoms with Crippen LogP contribution in [0.4, 0.5) is 5.00 Å². The Morgan fingerprint density at radius 2 is 1.90 bits per heavy atom. The topological polar surface area (TPSA) is 83.5 Å². The Hall–Kier alpha value is -1.86. The lowest BCUT2D eigenvalue weighted by Gasteiger charge is -2.08. The second-order valence-corrected chi connectivity index (χ2v) is 7.62. The van der Waals surface area contributed by atoms with Crippen LogP contribution in [-0.4, -0.2) is 19.5 Å². The summed E-state index contributed by atoms with van der Waals surface area (Å²) in [5.41, 5.74) is 1.40. The first-order chi connectivity index (χ1) is 9.72. The minimum Gasteiger partial charge on any atom is -0.478 e. The van der Waals surface area contributed by atoms with Crippen molar-refractivity contribution in [3.63, 3.8) is 0 Å². The molecule has 0 saturated heterocycles. The highest BCUT2D eigenvalue weighted by molar-refractivity contribution is 7.93. The molecule has 0 saturated carbocycles. The van der Waals surface area contributed by atoms with Gasteiger partial charge in [0.05, 0.1) is 10.5 Å².